The normalized spacial score (nSPS) is 13.8. The van der Waals surface area contributed by atoms with E-state index in [0.717, 1.165) is 0 Å². The summed E-state index contributed by atoms with van der Waals surface area (Å²) in [6.07, 6.45) is 1.69. The molecular formula is C11H15N3O3. The lowest BCUT2D eigenvalue weighted by Gasteiger charge is -2.24. The molecule has 0 saturated heterocycles. The van der Waals surface area contributed by atoms with E-state index in [-0.39, 0.29) is 17.8 Å². The molecule has 1 aromatic heterocycles. The molecule has 1 aromatic rings. The first-order valence-electron chi connectivity index (χ1n) is 5.17. The van der Waals surface area contributed by atoms with E-state index in [0.29, 0.717) is 0 Å². The Kier molecular flexibility index (Phi) is 3.67. The van der Waals surface area contributed by atoms with Gasteiger partial charge in [0.15, 0.2) is 5.69 Å². The van der Waals surface area contributed by atoms with E-state index in [1.165, 1.54) is 19.2 Å². The van der Waals surface area contributed by atoms with E-state index in [2.05, 4.69) is 10.3 Å². The van der Waals surface area contributed by atoms with Gasteiger partial charge in [0.1, 0.15) is 5.54 Å². The zero-order chi connectivity index (χ0) is 13.1. The summed E-state index contributed by atoms with van der Waals surface area (Å²) in [5.41, 5.74) is 4.52. The summed E-state index contributed by atoms with van der Waals surface area (Å²) < 4.78 is 0. The molecule has 1 atom stereocenters. The predicted molar refractivity (Wildman–Crippen MR) is 62.4 cm³/mol. The Morgan fingerprint density at radius 1 is 1.59 bits per heavy atom. The van der Waals surface area contributed by atoms with Gasteiger partial charge in [0.25, 0.3) is 5.91 Å². The average Bonchev–Trinajstić information content (AvgIpc) is 2.29. The minimum absolute atomic E-state index is 0.0356. The van der Waals surface area contributed by atoms with Crippen molar-refractivity contribution in [1.82, 2.24) is 10.3 Å². The number of aromatic nitrogens is 1. The molecule has 1 amide bonds. The maximum Gasteiger partial charge on any atom is 0.329 e. The number of carbonyl (C=O) groups excluding carboxylic acids is 1. The lowest BCUT2D eigenvalue weighted by atomic mass is 9.99. The number of nitrogens with two attached hydrogens (primary N) is 1. The molecule has 0 fully saturated rings. The molecule has 0 aliphatic carbocycles. The number of hydrogen-bond acceptors (Lipinski definition) is 4. The van der Waals surface area contributed by atoms with Crippen LogP contribution in [-0.2, 0) is 4.79 Å². The first-order valence-corrected chi connectivity index (χ1v) is 5.17. The minimum atomic E-state index is -1.32. The van der Waals surface area contributed by atoms with E-state index in [9.17, 15) is 9.59 Å². The predicted octanol–water partition coefficient (Wildman–Crippen LogP) is 0.647. The number of anilines is 1. The second-order valence-electron chi connectivity index (χ2n) is 3.89. The SMILES string of the molecule is CCC(C)(NC(=O)c1ncccc1N)C(=O)O. The first-order chi connectivity index (χ1) is 7.90. The number of carboxylic acid groups (broad SMARTS) is 1. The zero-order valence-corrected chi connectivity index (χ0v) is 9.73. The van der Waals surface area contributed by atoms with Gasteiger partial charge in [-0.2, -0.15) is 0 Å². The van der Waals surface area contributed by atoms with Crippen molar-refractivity contribution in [2.45, 2.75) is 25.8 Å². The van der Waals surface area contributed by atoms with E-state index in [1.807, 2.05) is 0 Å². The van der Waals surface area contributed by atoms with Gasteiger partial charge in [0.05, 0.1) is 5.69 Å². The Bertz CT molecular complexity index is 447. The van der Waals surface area contributed by atoms with Gasteiger partial charge in [0.2, 0.25) is 0 Å². The Labute approximate surface area is 98.8 Å². The Morgan fingerprint density at radius 3 is 2.71 bits per heavy atom. The van der Waals surface area contributed by atoms with Crippen molar-refractivity contribution >= 4 is 17.6 Å². The summed E-state index contributed by atoms with van der Waals surface area (Å²) in [5, 5.41) is 11.4. The summed E-state index contributed by atoms with van der Waals surface area (Å²) >= 11 is 0. The number of carboxylic acids is 1. The maximum atomic E-state index is 11.8. The highest BCUT2D eigenvalue weighted by Crippen LogP contribution is 2.13. The van der Waals surface area contributed by atoms with E-state index in [1.54, 1.807) is 13.0 Å². The fourth-order valence-corrected chi connectivity index (χ4v) is 1.21. The zero-order valence-electron chi connectivity index (χ0n) is 9.73. The third kappa shape index (κ3) is 2.72. The van der Waals surface area contributed by atoms with Crippen molar-refractivity contribution in [2.75, 3.05) is 5.73 Å². The average molecular weight is 237 g/mol. The van der Waals surface area contributed by atoms with Crippen molar-refractivity contribution in [3.05, 3.63) is 24.0 Å². The number of pyridine rings is 1. The van der Waals surface area contributed by atoms with Crippen molar-refractivity contribution in [2.24, 2.45) is 0 Å². The maximum absolute atomic E-state index is 11.8. The summed E-state index contributed by atoms with van der Waals surface area (Å²) in [6, 6.07) is 3.13. The molecular weight excluding hydrogens is 222 g/mol. The second kappa shape index (κ2) is 4.82. The van der Waals surface area contributed by atoms with Crippen LogP contribution >= 0.6 is 0 Å². The van der Waals surface area contributed by atoms with Crippen LogP contribution in [0.25, 0.3) is 0 Å². The van der Waals surface area contributed by atoms with Crippen molar-refractivity contribution in [1.29, 1.82) is 0 Å². The van der Waals surface area contributed by atoms with Gasteiger partial charge in [-0.1, -0.05) is 6.92 Å². The number of nitrogen functional groups attached to an aromatic ring is 1. The van der Waals surface area contributed by atoms with Gasteiger partial charge in [0, 0.05) is 6.20 Å². The largest absolute Gasteiger partial charge is 0.480 e. The molecule has 0 aliphatic heterocycles. The number of carbonyl (C=O) groups is 2. The van der Waals surface area contributed by atoms with Crippen LogP contribution in [0.5, 0.6) is 0 Å². The van der Waals surface area contributed by atoms with Crippen LogP contribution < -0.4 is 11.1 Å². The molecule has 0 aromatic carbocycles. The van der Waals surface area contributed by atoms with Crippen molar-refractivity contribution < 1.29 is 14.7 Å². The molecule has 0 aliphatic rings. The number of nitrogens with zero attached hydrogens (tertiary/aromatic N) is 1. The molecule has 6 heteroatoms. The number of aliphatic carboxylic acids is 1. The van der Waals surface area contributed by atoms with Crippen LogP contribution in [0.4, 0.5) is 5.69 Å². The summed E-state index contributed by atoms with van der Waals surface area (Å²) in [4.78, 5) is 26.7. The lowest BCUT2D eigenvalue weighted by molar-refractivity contribution is -0.143. The van der Waals surface area contributed by atoms with Crippen LogP contribution in [0.3, 0.4) is 0 Å². The molecule has 4 N–H and O–H groups in total. The number of nitrogens with one attached hydrogen (secondary N) is 1. The van der Waals surface area contributed by atoms with Crippen LogP contribution in [-0.4, -0.2) is 27.5 Å². The summed E-state index contributed by atoms with van der Waals surface area (Å²) in [6.45, 7) is 3.11. The lowest BCUT2D eigenvalue weighted by Crippen LogP contribution is -2.52. The van der Waals surface area contributed by atoms with Gasteiger partial charge >= 0.3 is 5.97 Å². The molecule has 1 unspecified atom stereocenters. The molecule has 92 valence electrons. The highest BCUT2D eigenvalue weighted by atomic mass is 16.4. The van der Waals surface area contributed by atoms with Crippen LogP contribution in [0.15, 0.2) is 18.3 Å². The highest BCUT2D eigenvalue weighted by molar-refractivity contribution is 5.99. The van der Waals surface area contributed by atoms with Gasteiger partial charge < -0.3 is 16.2 Å². The van der Waals surface area contributed by atoms with E-state index < -0.39 is 17.4 Å². The monoisotopic (exact) mass is 237 g/mol. The fourth-order valence-electron chi connectivity index (χ4n) is 1.21. The molecule has 1 rings (SSSR count). The third-order valence-corrected chi connectivity index (χ3v) is 2.62. The van der Waals surface area contributed by atoms with Crippen molar-refractivity contribution in [3.8, 4) is 0 Å². The standard InChI is InChI=1S/C11H15N3O3/c1-3-11(2,10(16)17)14-9(15)8-7(12)5-4-6-13-8/h4-6H,3,12H2,1-2H3,(H,14,15)(H,16,17). The van der Waals surface area contributed by atoms with Gasteiger partial charge in [-0.25, -0.2) is 9.78 Å². The number of amides is 1. The molecule has 6 nitrogen and oxygen atoms in total. The molecule has 0 radical (unpaired) electrons. The van der Waals surface area contributed by atoms with Crippen LogP contribution in [0.1, 0.15) is 30.8 Å². The quantitative estimate of drug-likeness (QED) is 0.712. The smallest absolute Gasteiger partial charge is 0.329 e. The Balaban J connectivity index is 2.93. The topological polar surface area (TPSA) is 105 Å². The summed E-state index contributed by atoms with van der Waals surface area (Å²) in [5.74, 6) is -1.68. The van der Waals surface area contributed by atoms with Gasteiger partial charge in [-0.05, 0) is 25.5 Å². The first kappa shape index (κ1) is 13.0. The van der Waals surface area contributed by atoms with Crippen LogP contribution in [0.2, 0.25) is 0 Å². The molecule has 17 heavy (non-hydrogen) atoms. The highest BCUT2D eigenvalue weighted by Gasteiger charge is 2.33. The van der Waals surface area contributed by atoms with E-state index in [4.69, 9.17) is 10.8 Å². The Hall–Kier alpha value is -2.11. The van der Waals surface area contributed by atoms with Crippen LogP contribution in [0, 0.1) is 0 Å². The fraction of sp³-hybridized carbons (Fsp3) is 0.364. The Morgan fingerprint density at radius 2 is 2.24 bits per heavy atom. The molecule has 0 spiro atoms. The van der Waals surface area contributed by atoms with Gasteiger partial charge in [-0.15, -0.1) is 0 Å². The molecule has 1 heterocycles. The third-order valence-electron chi connectivity index (χ3n) is 2.62. The van der Waals surface area contributed by atoms with E-state index >= 15 is 0 Å². The van der Waals surface area contributed by atoms with Crippen molar-refractivity contribution in [3.63, 3.8) is 0 Å². The molecule has 0 saturated carbocycles. The van der Waals surface area contributed by atoms with Gasteiger partial charge in [-0.3, -0.25) is 4.79 Å². The second-order valence-corrected chi connectivity index (χ2v) is 3.89. The molecule has 0 bridgehead atoms. The minimum Gasteiger partial charge on any atom is -0.480 e. The number of rotatable bonds is 4. The summed E-state index contributed by atoms with van der Waals surface area (Å²) in [7, 11) is 0. The number of hydrogen-bond donors (Lipinski definition) is 3.